The normalized spacial score (nSPS) is 15.7. The van der Waals surface area contributed by atoms with Gasteiger partial charge in [0, 0.05) is 36.0 Å². The van der Waals surface area contributed by atoms with Crippen LogP contribution in [0.5, 0.6) is 0 Å². The number of H-pyrrole nitrogens is 1. The number of pyridine rings is 1. The standard InChI is InChI=1S/C28H35N7O2/c1-6-10-19(16-30-5)25(26(36)33-20-11-8-7-9-12-20)35(27(37)22-17-31-18-32-22)23-13-14-24(28(2,3)4)34-21(23)15-29/h6,10,13-14,16-18,20,25H,1,7-9,11-12H2,2-5H3,(H,31,32)(H,33,36)/b19-10+,30-16?. The first-order chi connectivity index (χ1) is 17.7. The zero-order valence-electron chi connectivity index (χ0n) is 22.0. The fraction of sp³-hybridized carbons (Fsp3) is 0.429. The Hall–Kier alpha value is -4.06. The molecule has 2 N–H and O–H groups in total. The number of aliphatic imine (C=N–C) groups is 1. The number of aromatic nitrogens is 3. The Kier molecular flexibility index (Phi) is 9.12. The van der Waals surface area contributed by atoms with Crippen LogP contribution in [0.1, 0.15) is 74.8 Å². The number of amides is 2. The lowest BCUT2D eigenvalue weighted by atomic mass is 9.91. The van der Waals surface area contributed by atoms with E-state index >= 15 is 0 Å². The summed E-state index contributed by atoms with van der Waals surface area (Å²) < 4.78 is 0. The van der Waals surface area contributed by atoms with Crippen LogP contribution in [-0.2, 0) is 10.2 Å². The van der Waals surface area contributed by atoms with E-state index in [1.807, 2.05) is 20.8 Å². The lowest BCUT2D eigenvalue weighted by Gasteiger charge is -2.34. The fourth-order valence-electron chi connectivity index (χ4n) is 4.45. The molecule has 0 aliphatic heterocycles. The monoisotopic (exact) mass is 501 g/mol. The summed E-state index contributed by atoms with van der Waals surface area (Å²) in [4.78, 5) is 44.7. The first-order valence-corrected chi connectivity index (χ1v) is 12.5. The number of carbonyl (C=O) groups is 2. The first-order valence-electron chi connectivity index (χ1n) is 12.5. The number of nitrogens with zero attached hydrogens (tertiary/aromatic N) is 5. The summed E-state index contributed by atoms with van der Waals surface area (Å²) in [6.07, 6.45) is 12.5. The Morgan fingerprint density at radius 1 is 1.30 bits per heavy atom. The second-order valence-electron chi connectivity index (χ2n) is 10.1. The van der Waals surface area contributed by atoms with Crippen LogP contribution in [0.3, 0.4) is 0 Å². The number of allylic oxidation sites excluding steroid dienone is 2. The molecule has 1 unspecified atom stereocenters. The first kappa shape index (κ1) is 27.5. The molecule has 194 valence electrons. The largest absolute Gasteiger partial charge is 0.351 e. The van der Waals surface area contributed by atoms with Crippen molar-refractivity contribution in [2.45, 2.75) is 70.4 Å². The van der Waals surface area contributed by atoms with Crippen LogP contribution in [0.4, 0.5) is 5.69 Å². The van der Waals surface area contributed by atoms with Gasteiger partial charge in [0.05, 0.1) is 18.2 Å². The number of hydrogen-bond donors (Lipinski definition) is 2. The summed E-state index contributed by atoms with van der Waals surface area (Å²) in [6, 6.07) is 4.47. The van der Waals surface area contributed by atoms with Gasteiger partial charge in [0.1, 0.15) is 17.8 Å². The number of aromatic amines is 1. The van der Waals surface area contributed by atoms with E-state index in [2.05, 4.69) is 37.9 Å². The molecule has 2 heterocycles. The molecule has 1 atom stereocenters. The maximum Gasteiger partial charge on any atom is 0.277 e. The number of anilines is 1. The number of rotatable bonds is 8. The molecule has 2 aromatic rings. The Bertz CT molecular complexity index is 1210. The molecule has 1 aliphatic carbocycles. The van der Waals surface area contributed by atoms with Crippen molar-refractivity contribution in [3.05, 3.63) is 66.0 Å². The molecule has 0 radical (unpaired) electrons. The van der Waals surface area contributed by atoms with Crippen LogP contribution in [0, 0.1) is 11.3 Å². The third-order valence-corrected chi connectivity index (χ3v) is 6.32. The van der Waals surface area contributed by atoms with E-state index in [0.717, 1.165) is 32.1 Å². The zero-order chi connectivity index (χ0) is 27.0. The molecule has 37 heavy (non-hydrogen) atoms. The Morgan fingerprint density at radius 2 is 2.03 bits per heavy atom. The Morgan fingerprint density at radius 3 is 2.59 bits per heavy atom. The molecule has 1 fully saturated rings. The molecule has 1 aliphatic rings. The molecule has 9 heteroatoms. The maximum atomic E-state index is 13.9. The highest BCUT2D eigenvalue weighted by Gasteiger charge is 2.37. The Balaban J connectivity index is 2.22. The van der Waals surface area contributed by atoms with Gasteiger partial charge in [-0.3, -0.25) is 19.5 Å². The molecule has 0 aromatic carbocycles. The summed E-state index contributed by atoms with van der Waals surface area (Å²) in [5, 5.41) is 13.2. The third kappa shape index (κ3) is 6.58. The zero-order valence-corrected chi connectivity index (χ0v) is 22.0. The summed E-state index contributed by atoms with van der Waals surface area (Å²) in [6.45, 7) is 9.76. The topological polar surface area (TPSA) is 127 Å². The van der Waals surface area contributed by atoms with E-state index in [4.69, 9.17) is 0 Å². The molecular formula is C28H35N7O2. The van der Waals surface area contributed by atoms with Gasteiger partial charge >= 0.3 is 0 Å². The van der Waals surface area contributed by atoms with Crippen LogP contribution in [0.15, 0.2) is 54.0 Å². The van der Waals surface area contributed by atoms with Crippen molar-refractivity contribution in [2.24, 2.45) is 4.99 Å². The van der Waals surface area contributed by atoms with Crippen molar-refractivity contribution in [1.82, 2.24) is 20.3 Å². The van der Waals surface area contributed by atoms with Gasteiger partial charge in [0.25, 0.3) is 5.91 Å². The summed E-state index contributed by atoms with van der Waals surface area (Å²) in [5.74, 6) is -0.890. The molecule has 9 nitrogen and oxygen atoms in total. The van der Waals surface area contributed by atoms with Crippen LogP contribution in [0.25, 0.3) is 0 Å². The highest BCUT2D eigenvalue weighted by Crippen LogP contribution is 2.30. The van der Waals surface area contributed by atoms with E-state index < -0.39 is 11.9 Å². The van der Waals surface area contributed by atoms with Gasteiger partial charge in [-0.1, -0.05) is 58.8 Å². The van der Waals surface area contributed by atoms with E-state index in [9.17, 15) is 14.9 Å². The smallest absolute Gasteiger partial charge is 0.277 e. The molecule has 3 rings (SSSR count). The average molecular weight is 502 g/mol. The summed E-state index contributed by atoms with van der Waals surface area (Å²) in [7, 11) is 1.59. The Labute approximate surface area is 218 Å². The van der Waals surface area contributed by atoms with Crippen LogP contribution in [0.2, 0.25) is 0 Å². The van der Waals surface area contributed by atoms with Crippen LogP contribution >= 0.6 is 0 Å². The van der Waals surface area contributed by atoms with Gasteiger partial charge in [-0.15, -0.1) is 0 Å². The van der Waals surface area contributed by atoms with Crippen molar-refractivity contribution in [1.29, 1.82) is 5.26 Å². The average Bonchev–Trinajstić information content (AvgIpc) is 3.42. The second-order valence-corrected chi connectivity index (χ2v) is 10.1. The highest BCUT2D eigenvalue weighted by atomic mass is 16.2. The molecule has 2 aromatic heterocycles. The second kappa shape index (κ2) is 12.3. The molecule has 0 bridgehead atoms. The van der Waals surface area contributed by atoms with E-state index in [-0.39, 0.29) is 34.4 Å². The fourth-order valence-corrected chi connectivity index (χ4v) is 4.45. The van der Waals surface area contributed by atoms with Gasteiger partial charge < -0.3 is 10.3 Å². The molecular weight excluding hydrogens is 466 g/mol. The van der Waals surface area contributed by atoms with Gasteiger partial charge in [-0.05, 0) is 25.0 Å². The number of imidazole rings is 1. The van der Waals surface area contributed by atoms with Gasteiger partial charge in [-0.25, -0.2) is 9.97 Å². The third-order valence-electron chi connectivity index (χ3n) is 6.32. The number of hydrogen-bond acceptors (Lipinski definition) is 6. The minimum atomic E-state index is -1.13. The van der Waals surface area contributed by atoms with Crippen molar-refractivity contribution in [3.63, 3.8) is 0 Å². The lowest BCUT2D eigenvalue weighted by Crippen LogP contribution is -2.54. The van der Waals surface area contributed by atoms with Crippen LogP contribution < -0.4 is 10.2 Å². The molecule has 0 spiro atoms. The van der Waals surface area contributed by atoms with E-state index in [1.54, 1.807) is 31.3 Å². The van der Waals surface area contributed by atoms with Crippen molar-refractivity contribution in [2.75, 3.05) is 11.9 Å². The van der Waals surface area contributed by atoms with Crippen molar-refractivity contribution in [3.8, 4) is 6.07 Å². The predicted octanol–water partition coefficient (Wildman–Crippen LogP) is 4.25. The quantitative estimate of drug-likeness (QED) is 0.413. The maximum absolute atomic E-state index is 13.9. The van der Waals surface area contributed by atoms with Gasteiger partial charge in [0.15, 0.2) is 5.69 Å². The molecule has 2 amide bonds. The summed E-state index contributed by atoms with van der Waals surface area (Å²) in [5.41, 5.74) is 1.26. The van der Waals surface area contributed by atoms with E-state index in [0.29, 0.717) is 11.3 Å². The lowest BCUT2D eigenvalue weighted by molar-refractivity contribution is -0.122. The number of nitriles is 1. The highest BCUT2D eigenvalue weighted by molar-refractivity contribution is 6.12. The van der Waals surface area contributed by atoms with Crippen molar-refractivity contribution >= 4 is 23.7 Å². The van der Waals surface area contributed by atoms with Crippen molar-refractivity contribution < 1.29 is 9.59 Å². The minimum absolute atomic E-state index is 0.00762. The van der Waals surface area contributed by atoms with Gasteiger partial charge in [0.2, 0.25) is 5.91 Å². The predicted molar refractivity (Wildman–Crippen MR) is 145 cm³/mol. The number of nitrogens with one attached hydrogen (secondary N) is 2. The van der Waals surface area contributed by atoms with Crippen LogP contribution in [-0.4, -0.2) is 52.1 Å². The minimum Gasteiger partial charge on any atom is -0.351 e. The molecule has 0 saturated heterocycles. The summed E-state index contributed by atoms with van der Waals surface area (Å²) >= 11 is 0. The number of carbonyl (C=O) groups excluding carboxylic acids is 2. The van der Waals surface area contributed by atoms with Gasteiger partial charge in [-0.2, -0.15) is 5.26 Å². The van der Waals surface area contributed by atoms with E-state index in [1.165, 1.54) is 23.6 Å². The molecule has 1 saturated carbocycles. The SMILES string of the molecule is C=C/C=C(\C=NC)C(C(=O)NC1CCCCC1)N(C(=O)c1cnc[nH]1)c1ccc(C(C)(C)C)nc1C#N.